The van der Waals surface area contributed by atoms with Gasteiger partial charge in [0.1, 0.15) is 34.2 Å². The van der Waals surface area contributed by atoms with Crippen LogP contribution in [0.2, 0.25) is 0 Å². The van der Waals surface area contributed by atoms with Crippen molar-refractivity contribution in [1.29, 1.82) is 0 Å². The Bertz CT molecular complexity index is 1380. The van der Waals surface area contributed by atoms with E-state index in [-0.39, 0.29) is 11.2 Å². The number of methoxy groups -OCH3 is 2. The normalized spacial score (nSPS) is 22.4. The van der Waals surface area contributed by atoms with E-state index >= 15 is 0 Å². The summed E-state index contributed by atoms with van der Waals surface area (Å²) < 4.78 is 27.6. The Balaban J connectivity index is 1.46. The topological polar surface area (TPSA) is 36.9 Å². The van der Waals surface area contributed by atoms with Crippen LogP contribution >= 0.6 is 22.7 Å². The molecule has 0 bridgehead atoms. The molecule has 0 N–H and O–H groups in total. The molecule has 0 aliphatic carbocycles. The van der Waals surface area contributed by atoms with Gasteiger partial charge in [-0.3, -0.25) is 0 Å². The van der Waals surface area contributed by atoms with Crippen LogP contribution in [0.25, 0.3) is 30.3 Å². The van der Waals surface area contributed by atoms with Gasteiger partial charge in [0.25, 0.3) is 0 Å². The molecule has 200 valence electrons. The Morgan fingerprint density at radius 2 is 1.13 bits per heavy atom. The van der Waals surface area contributed by atoms with E-state index < -0.39 is 0 Å². The molecule has 2 aromatic heterocycles. The molecule has 6 heteroatoms. The standard InChI is InChI=1S/C32H36O4S2/c1-7-31(3)15-13-19-9-11-21(33-5)27(29(19)35-31)25-17-23-24(37-25)18-26(38-23)28-22(34-6)12-10-20-14-16-32(4,8-2)36-30(20)28/h9-12,17-18H,7-8,13-16H2,1-6H3. The predicted octanol–water partition coefficient (Wildman–Crippen LogP) is 9.30. The third kappa shape index (κ3) is 4.17. The summed E-state index contributed by atoms with van der Waals surface area (Å²) >= 11 is 3.60. The largest absolute Gasteiger partial charge is 0.496 e. The Morgan fingerprint density at radius 1 is 0.711 bits per heavy atom. The third-order valence-corrected chi connectivity index (χ3v) is 10.9. The first-order valence-corrected chi connectivity index (χ1v) is 15.3. The van der Waals surface area contributed by atoms with E-state index in [2.05, 4.69) is 64.1 Å². The fourth-order valence-electron chi connectivity index (χ4n) is 5.62. The van der Waals surface area contributed by atoms with Gasteiger partial charge in [0.2, 0.25) is 0 Å². The van der Waals surface area contributed by atoms with Gasteiger partial charge in [-0.05, 0) is 87.8 Å². The zero-order valence-corrected chi connectivity index (χ0v) is 24.8. The summed E-state index contributed by atoms with van der Waals surface area (Å²) in [6.07, 6.45) is 6.08. The molecule has 2 aromatic carbocycles. The number of hydrogen-bond acceptors (Lipinski definition) is 6. The van der Waals surface area contributed by atoms with Crippen LogP contribution in [0.5, 0.6) is 23.0 Å². The van der Waals surface area contributed by atoms with Gasteiger partial charge in [-0.1, -0.05) is 26.0 Å². The molecule has 2 aliphatic rings. The highest BCUT2D eigenvalue weighted by atomic mass is 32.1. The first-order valence-electron chi connectivity index (χ1n) is 13.6. The van der Waals surface area contributed by atoms with Crippen molar-refractivity contribution < 1.29 is 18.9 Å². The number of thiophene rings is 2. The summed E-state index contributed by atoms with van der Waals surface area (Å²) in [5.41, 5.74) is 4.39. The van der Waals surface area contributed by atoms with Crippen molar-refractivity contribution in [2.75, 3.05) is 14.2 Å². The minimum atomic E-state index is -0.147. The number of benzene rings is 2. The first kappa shape index (κ1) is 25.6. The highest BCUT2D eigenvalue weighted by Gasteiger charge is 2.35. The Kier molecular flexibility index (Phi) is 6.39. The summed E-state index contributed by atoms with van der Waals surface area (Å²) in [6.45, 7) is 8.85. The van der Waals surface area contributed by atoms with Crippen LogP contribution in [0.1, 0.15) is 64.5 Å². The Hall–Kier alpha value is -2.70. The number of rotatable bonds is 6. The molecule has 0 radical (unpaired) electrons. The fraction of sp³-hybridized carbons (Fsp3) is 0.438. The molecule has 0 saturated carbocycles. The lowest BCUT2D eigenvalue weighted by Gasteiger charge is -2.36. The molecule has 0 fully saturated rings. The lowest BCUT2D eigenvalue weighted by atomic mass is 9.89. The molecule has 2 aliphatic heterocycles. The van der Waals surface area contributed by atoms with Gasteiger partial charge in [0, 0.05) is 19.2 Å². The molecule has 2 unspecified atom stereocenters. The van der Waals surface area contributed by atoms with Gasteiger partial charge in [0.15, 0.2) is 0 Å². The van der Waals surface area contributed by atoms with Crippen LogP contribution in [0.15, 0.2) is 36.4 Å². The van der Waals surface area contributed by atoms with Gasteiger partial charge >= 0.3 is 0 Å². The summed E-state index contributed by atoms with van der Waals surface area (Å²) in [4.78, 5) is 2.37. The van der Waals surface area contributed by atoms with Crippen LogP contribution in [-0.2, 0) is 12.8 Å². The van der Waals surface area contributed by atoms with Gasteiger partial charge in [-0.15, -0.1) is 22.7 Å². The van der Waals surface area contributed by atoms with E-state index in [0.717, 1.165) is 72.6 Å². The summed E-state index contributed by atoms with van der Waals surface area (Å²) in [7, 11) is 3.49. The SMILES string of the molecule is CCC1(C)CCc2ccc(OC)c(-c3cc4sc(-c5c(OC)ccc6c5OC(C)(CC)CC6)cc4s3)c2O1. The van der Waals surface area contributed by atoms with E-state index in [0.29, 0.717) is 0 Å². The summed E-state index contributed by atoms with van der Waals surface area (Å²) in [5.74, 6) is 3.70. The van der Waals surface area contributed by atoms with Crippen LogP contribution in [-0.4, -0.2) is 25.4 Å². The van der Waals surface area contributed by atoms with Crippen molar-refractivity contribution in [3.05, 3.63) is 47.5 Å². The number of fused-ring (bicyclic) bond motifs is 3. The second-order valence-corrected chi connectivity index (χ2v) is 13.2. The van der Waals surface area contributed by atoms with Crippen LogP contribution in [0, 0.1) is 0 Å². The zero-order valence-electron chi connectivity index (χ0n) is 23.2. The smallest absolute Gasteiger partial charge is 0.135 e. The summed E-state index contributed by atoms with van der Waals surface area (Å²) in [5, 5.41) is 0. The van der Waals surface area contributed by atoms with Crippen LogP contribution in [0.4, 0.5) is 0 Å². The predicted molar refractivity (Wildman–Crippen MR) is 159 cm³/mol. The van der Waals surface area contributed by atoms with E-state index in [9.17, 15) is 0 Å². The van der Waals surface area contributed by atoms with Crippen molar-refractivity contribution in [2.24, 2.45) is 0 Å². The van der Waals surface area contributed by atoms with Gasteiger partial charge in [0.05, 0.1) is 25.3 Å². The van der Waals surface area contributed by atoms with Gasteiger partial charge in [-0.25, -0.2) is 0 Å². The maximum Gasteiger partial charge on any atom is 0.135 e. The van der Waals surface area contributed by atoms with Crippen molar-refractivity contribution >= 4 is 32.1 Å². The molecule has 0 saturated heterocycles. The van der Waals surface area contributed by atoms with Gasteiger partial charge in [-0.2, -0.15) is 0 Å². The van der Waals surface area contributed by atoms with Crippen molar-refractivity contribution in [2.45, 2.75) is 77.4 Å². The van der Waals surface area contributed by atoms with Crippen molar-refractivity contribution in [1.82, 2.24) is 0 Å². The molecule has 4 heterocycles. The quantitative estimate of drug-likeness (QED) is 0.241. The third-order valence-electron chi connectivity index (χ3n) is 8.58. The molecule has 4 aromatic rings. The lowest BCUT2D eigenvalue weighted by molar-refractivity contribution is 0.0614. The van der Waals surface area contributed by atoms with Crippen molar-refractivity contribution in [3.8, 4) is 43.9 Å². The van der Waals surface area contributed by atoms with E-state index in [1.165, 1.54) is 30.3 Å². The van der Waals surface area contributed by atoms with E-state index in [4.69, 9.17) is 18.9 Å². The highest BCUT2D eigenvalue weighted by molar-refractivity contribution is 7.31. The Morgan fingerprint density at radius 3 is 1.50 bits per heavy atom. The molecule has 0 spiro atoms. The van der Waals surface area contributed by atoms with Crippen LogP contribution in [0.3, 0.4) is 0 Å². The molecular formula is C32H36O4S2. The average molecular weight is 549 g/mol. The minimum Gasteiger partial charge on any atom is -0.496 e. The fourth-order valence-corrected chi connectivity index (χ4v) is 8.11. The second-order valence-electron chi connectivity index (χ2n) is 11.0. The van der Waals surface area contributed by atoms with E-state index in [1.807, 2.05) is 0 Å². The first-order chi connectivity index (χ1) is 18.3. The molecular weight excluding hydrogens is 512 g/mol. The maximum atomic E-state index is 6.68. The molecule has 0 amide bonds. The monoisotopic (exact) mass is 548 g/mol. The molecule has 2 atom stereocenters. The second kappa shape index (κ2) is 9.49. The Labute approximate surface area is 233 Å². The average Bonchev–Trinajstić information content (AvgIpc) is 3.50. The number of ether oxygens (including phenoxy) is 4. The molecule has 6 rings (SSSR count). The van der Waals surface area contributed by atoms with Crippen molar-refractivity contribution in [3.63, 3.8) is 0 Å². The summed E-state index contributed by atoms with van der Waals surface area (Å²) in [6, 6.07) is 13.1. The zero-order chi connectivity index (χ0) is 26.7. The van der Waals surface area contributed by atoms with Crippen LogP contribution < -0.4 is 18.9 Å². The lowest BCUT2D eigenvalue weighted by Crippen LogP contribution is -2.35. The van der Waals surface area contributed by atoms with Gasteiger partial charge < -0.3 is 18.9 Å². The number of aryl methyl sites for hydroxylation is 2. The van der Waals surface area contributed by atoms with E-state index in [1.54, 1.807) is 36.9 Å². The highest BCUT2D eigenvalue weighted by Crippen LogP contribution is 2.53. The number of hydrogen-bond donors (Lipinski definition) is 0. The maximum absolute atomic E-state index is 6.68. The molecule has 4 nitrogen and oxygen atoms in total. The minimum absolute atomic E-state index is 0.147. The molecule has 38 heavy (non-hydrogen) atoms.